The van der Waals surface area contributed by atoms with Gasteiger partial charge >= 0.3 is 0 Å². The predicted molar refractivity (Wildman–Crippen MR) is 114 cm³/mol. The molecular formula is C22H22N4O3. The van der Waals surface area contributed by atoms with Crippen molar-refractivity contribution in [3.05, 3.63) is 60.7 Å². The Labute approximate surface area is 168 Å². The molecule has 4 rings (SSSR count). The lowest BCUT2D eigenvalue weighted by Crippen LogP contribution is -2.12. The molecule has 0 aliphatic carbocycles. The molecule has 0 saturated carbocycles. The van der Waals surface area contributed by atoms with Crippen LogP contribution in [0.4, 0.5) is 11.6 Å². The third-order valence-electron chi connectivity index (χ3n) is 4.36. The van der Waals surface area contributed by atoms with E-state index in [0.29, 0.717) is 38.1 Å². The highest BCUT2D eigenvalue weighted by Gasteiger charge is 2.01. The largest absolute Gasteiger partial charge is 0.491 e. The van der Waals surface area contributed by atoms with Crippen molar-refractivity contribution in [3.63, 3.8) is 0 Å². The van der Waals surface area contributed by atoms with Crippen molar-refractivity contribution in [2.45, 2.75) is 0 Å². The van der Waals surface area contributed by atoms with Gasteiger partial charge in [0, 0.05) is 22.9 Å². The van der Waals surface area contributed by atoms with E-state index in [9.17, 15) is 0 Å². The van der Waals surface area contributed by atoms with Crippen LogP contribution in [0, 0.1) is 0 Å². The maximum Gasteiger partial charge on any atom is 0.124 e. The molecule has 0 atom stereocenters. The molecule has 148 valence electrons. The molecule has 0 amide bonds. The van der Waals surface area contributed by atoms with Gasteiger partial charge in [-0.25, -0.2) is 9.97 Å². The summed E-state index contributed by atoms with van der Waals surface area (Å²) in [6, 6.07) is 18.9. The van der Waals surface area contributed by atoms with Crippen LogP contribution in [0.3, 0.4) is 0 Å². The minimum Gasteiger partial charge on any atom is -0.491 e. The molecular weight excluding hydrogens is 368 g/mol. The molecule has 0 aliphatic rings. The van der Waals surface area contributed by atoms with Gasteiger partial charge in [-0.1, -0.05) is 0 Å². The molecule has 2 heterocycles. The first-order chi connectivity index (χ1) is 14.2. The number of hydrogen-bond acceptors (Lipinski definition) is 7. The lowest BCUT2D eigenvalue weighted by molar-refractivity contribution is 0.0765. The lowest BCUT2D eigenvalue weighted by atomic mass is 10.2. The predicted octanol–water partition coefficient (Wildman–Crippen LogP) is 3.42. The van der Waals surface area contributed by atoms with Crippen molar-refractivity contribution in [1.82, 2.24) is 9.97 Å². The summed E-state index contributed by atoms with van der Waals surface area (Å²) in [4.78, 5) is 8.59. The Kier molecular flexibility index (Phi) is 5.58. The van der Waals surface area contributed by atoms with Gasteiger partial charge in [0.25, 0.3) is 0 Å². The second kappa shape index (κ2) is 8.62. The van der Waals surface area contributed by atoms with Crippen LogP contribution in [0.5, 0.6) is 11.5 Å². The zero-order chi connectivity index (χ0) is 20.1. The van der Waals surface area contributed by atoms with Crippen LogP contribution in [0.1, 0.15) is 0 Å². The summed E-state index contributed by atoms with van der Waals surface area (Å²) in [6.07, 6.45) is 0. The summed E-state index contributed by atoms with van der Waals surface area (Å²) >= 11 is 0. The van der Waals surface area contributed by atoms with Gasteiger partial charge in [0.05, 0.1) is 24.2 Å². The normalized spacial score (nSPS) is 11.0. The van der Waals surface area contributed by atoms with Gasteiger partial charge in [-0.15, -0.1) is 0 Å². The van der Waals surface area contributed by atoms with Gasteiger partial charge in [0.2, 0.25) is 0 Å². The fourth-order valence-corrected chi connectivity index (χ4v) is 2.94. The van der Waals surface area contributed by atoms with Crippen LogP contribution in [-0.2, 0) is 4.74 Å². The van der Waals surface area contributed by atoms with E-state index in [0.717, 1.165) is 33.3 Å². The summed E-state index contributed by atoms with van der Waals surface area (Å²) in [6.45, 7) is 1.79. The number of benzene rings is 2. The number of ether oxygens (including phenoxy) is 3. The molecule has 7 heteroatoms. The highest BCUT2D eigenvalue weighted by Crippen LogP contribution is 2.21. The number of nitrogens with zero attached hydrogens (tertiary/aromatic N) is 2. The summed E-state index contributed by atoms with van der Waals surface area (Å²) in [5.41, 5.74) is 13.1. The molecule has 0 saturated heterocycles. The minimum absolute atomic E-state index is 0.437. The number of nitrogen functional groups attached to an aromatic ring is 2. The molecule has 2 aromatic heterocycles. The Morgan fingerprint density at radius 1 is 0.586 bits per heavy atom. The first-order valence-corrected chi connectivity index (χ1v) is 9.33. The summed E-state index contributed by atoms with van der Waals surface area (Å²) < 4.78 is 17.0. The number of pyridine rings is 2. The van der Waals surface area contributed by atoms with Crippen molar-refractivity contribution in [3.8, 4) is 11.5 Å². The van der Waals surface area contributed by atoms with Gasteiger partial charge in [-0.05, 0) is 48.5 Å². The van der Waals surface area contributed by atoms with E-state index in [4.69, 9.17) is 25.7 Å². The number of fused-ring (bicyclic) bond motifs is 2. The second-order valence-corrected chi connectivity index (χ2v) is 6.49. The highest BCUT2D eigenvalue weighted by atomic mass is 16.5. The maximum absolute atomic E-state index is 5.73. The molecule has 0 spiro atoms. The molecule has 4 aromatic rings. The molecule has 0 aliphatic heterocycles. The number of nitrogens with two attached hydrogens (primary N) is 2. The van der Waals surface area contributed by atoms with Gasteiger partial charge in [0.15, 0.2) is 0 Å². The fraction of sp³-hybridized carbons (Fsp3) is 0.182. The first-order valence-electron chi connectivity index (χ1n) is 9.33. The summed E-state index contributed by atoms with van der Waals surface area (Å²) in [5, 5.41) is 2.04. The Morgan fingerprint density at radius 2 is 1.03 bits per heavy atom. The topological polar surface area (TPSA) is 106 Å². The Bertz CT molecular complexity index is 1040. The van der Waals surface area contributed by atoms with E-state index in [-0.39, 0.29) is 0 Å². The minimum atomic E-state index is 0.437. The van der Waals surface area contributed by atoms with Crippen molar-refractivity contribution in [2.24, 2.45) is 0 Å². The average molecular weight is 390 g/mol. The number of anilines is 2. The lowest BCUT2D eigenvalue weighted by Gasteiger charge is -2.09. The van der Waals surface area contributed by atoms with E-state index in [1.165, 1.54) is 0 Å². The quantitative estimate of drug-likeness (QED) is 0.444. The van der Waals surface area contributed by atoms with Gasteiger partial charge in [-0.2, -0.15) is 0 Å². The van der Waals surface area contributed by atoms with Crippen LogP contribution < -0.4 is 20.9 Å². The average Bonchev–Trinajstić information content (AvgIpc) is 2.72. The maximum atomic E-state index is 5.73. The highest BCUT2D eigenvalue weighted by molar-refractivity contribution is 5.82. The number of rotatable bonds is 8. The van der Waals surface area contributed by atoms with Crippen molar-refractivity contribution >= 4 is 33.4 Å². The van der Waals surface area contributed by atoms with Gasteiger partial charge < -0.3 is 25.7 Å². The zero-order valence-electron chi connectivity index (χ0n) is 15.9. The monoisotopic (exact) mass is 390 g/mol. The van der Waals surface area contributed by atoms with Crippen LogP contribution in [0.2, 0.25) is 0 Å². The fourth-order valence-electron chi connectivity index (χ4n) is 2.94. The number of aromatic nitrogens is 2. The molecule has 0 fully saturated rings. The Morgan fingerprint density at radius 3 is 1.52 bits per heavy atom. The van der Waals surface area contributed by atoms with E-state index < -0.39 is 0 Å². The van der Waals surface area contributed by atoms with Crippen LogP contribution in [0.25, 0.3) is 21.8 Å². The molecule has 0 unspecified atom stereocenters. The second-order valence-electron chi connectivity index (χ2n) is 6.49. The van der Waals surface area contributed by atoms with Gasteiger partial charge in [0.1, 0.15) is 36.3 Å². The van der Waals surface area contributed by atoms with Crippen LogP contribution in [0.15, 0.2) is 60.7 Å². The molecule has 4 N–H and O–H groups in total. The van der Waals surface area contributed by atoms with Crippen molar-refractivity contribution in [1.29, 1.82) is 0 Å². The molecule has 7 nitrogen and oxygen atoms in total. The van der Waals surface area contributed by atoms with Crippen LogP contribution >= 0.6 is 0 Å². The number of hydrogen-bond donors (Lipinski definition) is 2. The van der Waals surface area contributed by atoms with Crippen molar-refractivity contribution < 1.29 is 14.2 Å². The van der Waals surface area contributed by atoms with Crippen LogP contribution in [-0.4, -0.2) is 36.4 Å². The molecule has 2 aromatic carbocycles. The third kappa shape index (κ3) is 4.83. The molecule has 0 bridgehead atoms. The molecule has 29 heavy (non-hydrogen) atoms. The molecule has 0 radical (unpaired) electrons. The van der Waals surface area contributed by atoms with E-state index >= 15 is 0 Å². The van der Waals surface area contributed by atoms with E-state index in [2.05, 4.69) is 9.97 Å². The standard InChI is InChI=1S/C22H22N4O3/c23-21-7-3-15-1-5-17(13-19(15)25-21)28-11-9-27-10-12-29-18-6-2-16-4-8-22(24)26-20(16)14-18/h1-8,13-14H,9-12H2,(H2,23,25)(H2,24,26). The first kappa shape index (κ1) is 18.8. The smallest absolute Gasteiger partial charge is 0.124 e. The summed E-state index contributed by atoms with van der Waals surface area (Å²) in [7, 11) is 0. The summed E-state index contributed by atoms with van der Waals surface area (Å²) in [5.74, 6) is 2.45. The Hall–Kier alpha value is -3.58. The SMILES string of the molecule is Nc1ccc2ccc(OCCOCCOc3ccc4ccc(N)nc4c3)cc2n1. The van der Waals surface area contributed by atoms with E-state index in [1.54, 1.807) is 12.1 Å². The van der Waals surface area contributed by atoms with Gasteiger partial charge in [-0.3, -0.25) is 0 Å². The van der Waals surface area contributed by atoms with Crippen molar-refractivity contribution in [2.75, 3.05) is 37.9 Å². The van der Waals surface area contributed by atoms with E-state index in [1.807, 2.05) is 48.5 Å². The Balaban J connectivity index is 1.18. The zero-order valence-corrected chi connectivity index (χ0v) is 15.9. The third-order valence-corrected chi connectivity index (χ3v) is 4.36.